The molecule has 0 saturated carbocycles. The molecule has 1 aromatic carbocycles. The van der Waals surface area contributed by atoms with Crippen molar-refractivity contribution in [1.29, 1.82) is 0 Å². The number of hydrogen-bond acceptors (Lipinski definition) is 3. The minimum absolute atomic E-state index is 0.0368. The lowest BCUT2D eigenvalue weighted by Gasteiger charge is -1.98. The fraction of sp³-hybridized carbons (Fsp3) is 0. The van der Waals surface area contributed by atoms with Crippen LogP contribution in [0.4, 0.5) is 5.69 Å². The Kier molecular flexibility index (Phi) is 1.92. The van der Waals surface area contributed by atoms with E-state index in [9.17, 15) is 10.1 Å². The van der Waals surface area contributed by atoms with Gasteiger partial charge in [-0.05, 0) is 6.07 Å². The first-order valence-corrected chi connectivity index (χ1v) is 3.96. The third-order valence-corrected chi connectivity index (χ3v) is 1.90. The van der Waals surface area contributed by atoms with Crippen LogP contribution in [0.2, 0.25) is 0 Å². The Labute approximate surface area is 81.1 Å². The van der Waals surface area contributed by atoms with Gasteiger partial charge >= 0.3 is 0 Å². The van der Waals surface area contributed by atoms with Crippen molar-refractivity contribution in [2.24, 2.45) is 0 Å². The summed E-state index contributed by atoms with van der Waals surface area (Å²) in [7, 11) is 5.53. The molecule has 2 radical (unpaired) electrons. The van der Waals surface area contributed by atoms with E-state index in [2.05, 4.69) is 4.98 Å². The number of rotatable bonds is 1. The number of aromatic nitrogens is 1. The molecule has 66 valence electrons. The van der Waals surface area contributed by atoms with Crippen LogP contribution in [0, 0.1) is 10.1 Å². The summed E-state index contributed by atoms with van der Waals surface area (Å²) in [5.74, 6) is 0. The van der Waals surface area contributed by atoms with Crippen LogP contribution in [0.15, 0.2) is 30.5 Å². The Hall–Kier alpha value is -1.91. The number of nitro groups is 1. The minimum atomic E-state index is -0.447. The summed E-state index contributed by atoms with van der Waals surface area (Å²) in [5, 5.41) is 11.3. The molecule has 0 atom stereocenters. The van der Waals surface area contributed by atoms with Gasteiger partial charge in [-0.1, -0.05) is 11.5 Å². The van der Waals surface area contributed by atoms with E-state index in [4.69, 9.17) is 7.85 Å². The molecule has 0 bridgehead atoms. The summed E-state index contributed by atoms with van der Waals surface area (Å²) in [5.41, 5.74) is 1.16. The predicted molar refractivity (Wildman–Crippen MR) is 53.8 cm³/mol. The first-order chi connectivity index (χ1) is 6.66. The van der Waals surface area contributed by atoms with Gasteiger partial charge in [0.15, 0.2) is 0 Å². The van der Waals surface area contributed by atoms with Crippen molar-refractivity contribution in [3.8, 4) is 0 Å². The molecule has 0 saturated heterocycles. The van der Waals surface area contributed by atoms with E-state index in [0.717, 1.165) is 5.39 Å². The van der Waals surface area contributed by atoms with Crippen molar-refractivity contribution in [2.45, 2.75) is 0 Å². The van der Waals surface area contributed by atoms with Crippen molar-refractivity contribution < 1.29 is 4.92 Å². The van der Waals surface area contributed by atoms with Crippen LogP contribution in [0.25, 0.3) is 10.9 Å². The van der Waals surface area contributed by atoms with E-state index < -0.39 is 4.92 Å². The van der Waals surface area contributed by atoms with E-state index in [1.54, 1.807) is 12.1 Å². The Morgan fingerprint density at radius 1 is 1.36 bits per heavy atom. The van der Waals surface area contributed by atoms with Crippen LogP contribution in [0.3, 0.4) is 0 Å². The third-order valence-electron chi connectivity index (χ3n) is 1.90. The molecule has 0 spiro atoms. The van der Waals surface area contributed by atoms with E-state index in [-0.39, 0.29) is 5.69 Å². The molecule has 0 aliphatic carbocycles. The fourth-order valence-electron chi connectivity index (χ4n) is 1.24. The second-order valence-corrected chi connectivity index (χ2v) is 2.90. The Morgan fingerprint density at radius 3 is 2.86 bits per heavy atom. The smallest absolute Gasteiger partial charge is 0.258 e. The average Bonchev–Trinajstić information content (AvgIpc) is 2.16. The molecule has 0 aliphatic rings. The zero-order chi connectivity index (χ0) is 10.1. The molecule has 0 aliphatic heterocycles. The number of non-ortho nitro benzene ring substituents is 1. The Morgan fingerprint density at radius 2 is 2.14 bits per heavy atom. The topological polar surface area (TPSA) is 56.0 Å². The highest BCUT2D eigenvalue weighted by atomic mass is 16.6. The first-order valence-electron chi connectivity index (χ1n) is 3.96. The maximum atomic E-state index is 10.5. The summed E-state index contributed by atoms with van der Waals surface area (Å²) in [6, 6.07) is 6.22. The van der Waals surface area contributed by atoms with Gasteiger partial charge < -0.3 is 0 Å². The summed E-state index contributed by atoms with van der Waals surface area (Å²) < 4.78 is 0. The summed E-state index contributed by atoms with van der Waals surface area (Å²) in [6.07, 6.45) is 1.48. The lowest BCUT2D eigenvalue weighted by atomic mass is 9.97. The van der Waals surface area contributed by atoms with Crippen LogP contribution in [-0.2, 0) is 0 Å². The highest BCUT2D eigenvalue weighted by molar-refractivity contribution is 6.32. The first kappa shape index (κ1) is 8.68. The molecular formula is C9H5BN2O2. The van der Waals surface area contributed by atoms with Gasteiger partial charge in [0.25, 0.3) is 5.69 Å². The van der Waals surface area contributed by atoms with Crippen molar-refractivity contribution in [3.63, 3.8) is 0 Å². The monoisotopic (exact) mass is 184 g/mol. The molecule has 0 N–H and O–H groups in total. The van der Waals surface area contributed by atoms with Gasteiger partial charge in [0.2, 0.25) is 0 Å². The molecule has 2 aromatic rings. The maximum absolute atomic E-state index is 10.5. The van der Waals surface area contributed by atoms with Gasteiger partial charge in [-0.2, -0.15) is 0 Å². The number of nitro benzene ring substituents is 1. The minimum Gasteiger partial charge on any atom is -0.258 e. The SMILES string of the molecule is [B]c1cnc2cc([N+](=O)[O-])ccc2c1. The van der Waals surface area contributed by atoms with Crippen LogP contribution in [0.5, 0.6) is 0 Å². The molecule has 14 heavy (non-hydrogen) atoms. The molecular weight excluding hydrogens is 179 g/mol. The van der Waals surface area contributed by atoms with Gasteiger partial charge in [0, 0.05) is 23.7 Å². The van der Waals surface area contributed by atoms with Crippen molar-refractivity contribution >= 4 is 29.9 Å². The standard InChI is InChI=1S/C9H5BN2O2/c10-7-3-6-1-2-8(12(13)14)4-9(6)11-5-7/h1-5H. The molecule has 1 aromatic heterocycles. The molecule has 1 heterocycles. The Bertz CT molecular complexity index is 513. The lowest BCUT2D eigenvalue weighted by Crippen LogP contribution is -2.02. The van der Waals surface area contributed by atoms with Gasteiger partial charge in [-0.3, -0.25) is 15.1 Å². The lowest BCUT2D eigenvalue weighted by molar-refractivity contribution is -0.384. The predicted octanol–water partition coefficient (Wildman–Crippen LogP) is 0.937. The largest absolute Gasteiger partial charge is 0.271 e. The molecule has 0 fully saturated rings. The summed E-state index contributed by atoms with van der Waals surface area (Å²) >= 11 is 0. The number of nitrogens with zero attached hydrogens (tertiary/aromatic N) is 2. The van der Waals surface area contributed by atoms with Crippen molar-refractivity contribution in [2.75, 3.05) is 0 Å². The van der Waals surface area contributed by atoms with Crippen LogP contribution in [0.1, 0.15) is 0 Å². The van der Waals surface area contributed by atoms with Crippen LogP contribution >= 0.6 is 0 Å². The highest BCUT2D eigenvalue weighted by Crippen LogP contribution is 2.17. The average molecular weight is 184 g/mol. The second-order valence-electron chi connectivity index (χ2n) is 2.90. The number of benzene rings is 1. The molecule has 4 nitrogen and oxygen atoms in total. The summed E-state index contributed by atoms with van der Waals surface area (Å²) in [6.45, 7) is 0. The van der Waals surface area contributed by atoms with Gasteiger partial charge in [0.1, 0.15) is 7.85 Å². The van der Waals surface area contributed by atoms with E-state index >= 15 is 0 Å². The highest BCUT2D eigenvalue weighted by Gasteiger charge is 2.05. The van der Waals surface area contributed by atoms with Gasteiger partial charge in [-0.25, -0.2) is 0 Å². The zero-order valence-corrected chi connectivity index (χ0v) is 7.18. The normalized spacial score (nSPS) is 10.3. The van der Waals surface area contributed by atoms with Gasteiger partial charge in [-0.15, -0.1) is 0 Å². The maximum Gasteiger partial charge on any atom is 0.271 e. The molecule has 5 heteroatoms. The molecule has 0 amide bonds. The molecule has 2 rings (SSSR count). The fourth-order valence-corrected chi connectivity index (χ4v) is 1.24. The van der Waals surface area contributed by atoms with Gasteiger partial charge in [0.05, 0.1) is 10.4 Å². The summed E-state index contributed by atoms with van der Waals surface area (Å²) in [4.78, 5) is 14.0. The Balaban J connectivity index is 2.67. The quantitative estimate of drug-likeness (QED) is 0.376. The second kappa shape index (κ2) is 3.10. The van der Waals surface area contributed by atoms with Crippen LogP contribution < -0.4 is 5.46 Å². The molecule has 0 unspecified atom stereocenters. The number of fused-ring (bicyclic) bond motifs is 1. The third kappa shape index (κ3) is 1.44. The van der Waals surface area contributed by atoms with Crippen LogP contribution in [-0.4, -0.2) is 17.8 Å². The van der Waals surface area contributed by atoms with Crippen molar-refractivity contribution in [3.05, 3.63) is 40.6 Å². The zero-order valence-electron chi connectivity index (χ0n) is 7.18. The number of pyridine rings is 1. The number of hydrogen-bond donors (Lipinski definition) is 0. The van der Waals surface area contributed by atoms with E-state index in [0.29, 0.717) is 11.0 Å². The van der Waals surface area contributed by atoms with E-state index in [1.807, 2.05) is 0 Å². The van der Waals surface area contributed by atoms with Crippen molar-refractivity contribution in [1.82, 2.24) is 4.98 Å². The van der Waals surface area contributed by atoms with E-state index in [1.165, 1.54) is 18.3 Å².